The molecule has 0 saturated carbocycles. The van der Waals surface area contributed by atoms with Crippen molar-refractivity contribution >= 4 is 31.7 Å². The fourth-order valence-corrected chi connectivity index (χ4v) is 4.05. The van der Waals surface area contributed by atoms with Gasteiger partial charge in [-0.3, -0.25) is 0 Å². The van der Waals surface area contributed by atoms with Gasteiger partial charge in [0.15, 0.2) is 0 Å². The largest absolute Gasteiger partial charge is 0.497 e. The average molecular weight is 403 g/mol. The summed E-state index contributed by atoms with van der Waals surface area (Å²) in [6, 6.07) is 7.83. The van der Waals surface area contributed by atoms with Gasteiger partial charge in [0.1, 0.15) is 17.1 Å². The summed E-state index contributed by atoms with van der Waals surface area (Å²) in [4.78, 5) is 11.2. The van der Waals surface area contributed by atoms with Crippen LogP contribution in [0, 0.1) is 5.82 Å². The first-order valence-electron chi connectivity index (χ1n) is 6.27. The Morgan fingerprint density at radius 2 is 1.87 bits per heavy atom. The summed E-state index contributed by atoms with van der Waals surface area (Å²) in [5, 5.41) is 0. The number of methoxy groups -OCH3 is 2. The van der Waals surface area contributed by atoms with Crippen LogP contribution in [0.5, 0.6) is 5.75 Å². The summed E-state index contributed by atoms with van der Waals surface area (Å²) in [6.45, 7) is 0. The SMILES string of the molecule is COC(=O)c1c(F)cc(Br)cc1S(=O)(=O)c1cccc(OC)c1. The van der Waals surface area contributed by atoms with Crippen molar-refractivity contribution in [1.82, 2.24) is 0 Å². The average Bonchev–Trinajstić information content (AvgIpc) is 2.53. The van der Waals surface area contributed by atoms with Crippen molar-refractivity contribution in [3.05, 3.63) is 52.3 Å². The van der Waals surface area contributed by atoms with E-state index in [0.717, 1.165) is 19.2 Å². The molecule has 0 N–H and O–H groups in total. The Kier molecular flexibility index (Phi) is 5.06. The number of halogens is 2. The maximum Gasteiger partial charge on any atom is 0.342 e. The first kappa shape index (κ1) is 17.4. The molecule has 0 atom stereocenters. The Balaban J connectivity index is 2.75. The van der Waals surface area contributed by atoms with Crippen LogP contribution >= 0.6 is 15.9 Å². The third-order valence-electron chi connectivity index (χ3n) is 3.05. The molecule has 122 valence electrons. The van der Waals surface area contributed by atoms with Crippen molar-refractivity contribution in [2.45, 2.75) is 9.79 Å². The van der Waals surface area contributed by atoms with Gasteiger partial charge in [-0.25, -0.2) is 17.6 Å². The smallest absolute Gasteiger partial charge is 0.342 e. The molecule has 0 amide bonds. The number of benzene rings is 2. The number of ether oxygens (including phenoxy) is 2. The molecular formula is C15H12BrFO5S. The van der Waals surface area contributed by atoms with E-state index < -0.39 is 32.1 Å². The Morgan fingerprint density at radius 1 is 1.17 bits per heavy atom. The van der Waals surface area contributed by atoms with Gasteiger partial charge in [0.05, 0.1) is 24.0 Å². The first-order chi connectivity index (χ1) is 10.8. The number of rotatable bonds is 4. The minimum Gasteiger partial charge on any atom is -0.497 e. The normalized spacial score (nSPS) is 11.1. The first-order valence-corrected chi connectivity index (χ1v) is 8.55. The maximum atomic E-state index is 14.1. The molecular weight excluding hydrogens is 391 g/mol. The monoisotopic (exact) mass is 402 g/mol. The van der Waals surface area contributed by atoms with Crippen molar-refractivity contribution in [2.75, 3.05) is 14.2 Å². The van der Waals surface area contributed by atoms with Gasteiger partial charge >= 0.3 is 5.97 Å². The van der Waals surface area contributed by atoms with Gasteiger partial charge in [0.25, 0.3) is 0 Å². The minimum atomic E-state index is -4.15. The van der Waals surface area contributed by atoms with Crippen LogP contribution in [0.2, 0.25) is 0 Å². The van der Waals surface area contributed by atoms with Crippen molar-refractivity contribution in [2.24, 2.45) is 0 Å². The molecule has 0 aliphatic heterocycles. The van der Waals surface area contributed by atoms with E-state index in [2.05, 4.69) is 20.7 Å². The van der Waals surface area contributed by atoms with E-state index in [0.29, 0.717) is 5.75 Å². The summed E-state index contributed by atoms with van der Waals surface area (Å²) in [7, 11) is -1.71. The van der Waals surface area contributed by atoms with E-state index in [1.165, 1.54) is 25.3 Å². The van der Waals surface area contributed by atoms with E-state index in [-0.39, 0.29) is 9.37 Å². The van der Waals surface area contributed by atoms with Crippen molar-refractivity contribution in [3.63, 3.8) is 0 Å². The Bertz CT molecular complexity index is 864. The van der Waals surface area contributed by atoms with E-state index in [9.17, 15) is 17.6 Å². The van der Waals surface area contributed by atoms with Gasteiger partial charge in [0, 0.05) is 4.47 Å². The number of hydrogen-bond acceptors (Lipinski definition) is 5. The topological polar surface area (TPSA) is 69.7 Å². The molecule has 2 aromatic rings. The third kappa shape index (κ3) is 3.37. The van der Waals surface area contributed by atoms with E-state index in [1.807, 2.05) is 0 Å². The van der Waals surface area contributed by atoms with Crippen LogP contribution in [0.4, 0.5) is 4.39 Å². The molecule has 0 bridgehead atoms. The lowest BCUT2D eigenvalue weighted by Gasteiger charge is -2.11. The number of carbonyl (C=O) groups is 1. The van der Waals surface area contributed by atoms with Gasteiger partial charge in [-0.2, -0.15) is 0 Å². The van der Waals surface area contributed by atoms with Crippen molar-refractivity contribution < 1.29 is 27.1 Å². The standard InChI is InChI=1S/C15H12BrFO5S/c1-21-10-4-3-5-11(8-10)23(19,20)13-7-9(16)6-12(17)14(13)15(18)22-2/h3-8H,1-2H3. The summed E-state index contributed by atoms with van der Waals surface area (Å²) < 4.78 is 49.4. The maximum absolute atomic E-state index is 14.1. The Hall–Kier alpha value is -1.93. The third-order valence-corrected chi connectivity index (χ3v) is 5.28. The number of sulfone groups is 1. The van der Waals surface area contributed by atoms with Gasteiger partial charge < -0.3 is 9.47 Å². The molecule has 0 aliphatic carbocycles. The Morgan fingerprint density at radius 3 is 2.48 bits per heavy atom. The van der Waals surface area contributed by atoms with Gasteiger partial charge in [0.2, 0.25) is 9.84 Å². The molecule has 23 heavy (non-hydrogen) atoms. The summed E-state index contributed by atoms with van der Waals surface area (Å²) in [6.07, 6.45) is 0. The predicted molar refractivity (Wildman–Crippen MR) is 83.9 cm³/mol. The molecule has 2 rings (SSSR count). The van der Waals surface area contributed by atoms with E-state index in [4.69, 9.17) is 4.74 Å². The highest BCUT2D eigenvalue weighted by molar-refractivity contribution is 9.10. The lowest BCUT2D eigenvalue weighted by molar-refractivity contribution is 0.0590. The van der Waals surface area contributed by atoms with Crippen LogP contribution in [-0.2, 0) is 14.6 Å². The molecule has 8 heteroatoms. The summed E-state index contributed by atoms with van der Waals surface area (Å²) in [5.41, 5.74) is -0.640. The molecule has 2 aromatic carbocycles. The summed E-state index contributed by atoms with van der Waals surface area (Å²) >= 11 is 3.03. The molecule has 0 heterocycles. The van der Waals surface area contributed by atoms with Gasteiger partial charge in [-0.1, -0.05) is 22.0 Å². The number of esters is 1. The zero-order chi connectivity index (χ0) is 17.2. The quantitative estimate of drug-likeness (QED) is 0.734. The number of hydrogen-bond donors (Lipinski definition) is 0. The number of carbonyl (C=O) groups excluding carboxylic acids is 1. The molecule has 0 radical (unpaired) electrons. The molecule has 0 aliphatic rings. The molecule has 0 fully saturated rings. The van der Waals surface area contributed by atoms with Crippen LogP contribution < -0.4 is 4.74 Å². The molecule has 0 aromatic heterocycles. The second-order valence-corrected chi connectivity index (χ2v) is 7.27. The van der Waals surface area contributed by atoms with Crippen LogP contribution in [-0.4, -0.2) is 28.6 Å². The summed E-state index contributed by atoms with van der Waals surface area (Å²) in [5.74, 6) is -1.75. The van der Waals surface area contributed by atoms with E-state index in [1.54, 1.807) is 6.07 Å². The highest BCUT2D eigenvalue weighted by atomic mass is 79.9. The zero-order valence-corrected chi connectivity index (χ0v) is 14.6. The van der Waals surface area contributed by atoms with Crippen LogP contribution in [0.1, 0.15) is 10.4 Å². The van der Waals surface area contributed by atoms with Crippen LogP contribution in [0.3, 0.4) is 0 Å². The molecule has 5 nitrogen and oxygen atoms in total. The molecule has 0 spiro atoms. The van der Waals surface area contributed by atoms with E-state index >= 15 is 0 Å². The zero-order valence-electron chi connectivity index (χ0n) is 12.2. The fourth-order valence-electron chi connectivity index (χ4n) is 1.96. The lowest BCUT2D eigenvalue weighted by atomic mass is 10.2. The fraction of sp³-hybridized carbons (Fsp3) is 0.133. The second kappa shape index (κ2) is 6.67. The predicted octanol–water partition coefficient (Wildman–Crippen LogP) is 3.22. The van der Waals surface area contributed by atoms with Crippen molar-refractivity contribution in [3.8, 4) is 5.75 Å². The Labute approximate surface area is 141 Å². The molecule has 0 unspecified atom stereocenters. The van der Waals surface area contributed by atoms with Gasteiger partial charge in [-0.15, -0.1) is 0 Å². The van der Waals surface area contributed by atoms with Crippen LogP contribution in [0.25, 0.3) is 0 Å². The molecule has 0 saturated heterocycles. The minimum absolute atomic E-state index is 0.125. The van der Waals surface area contributed by atoms with Crippen LogP contribution in [0.15, 0.2) is 50.7 Å². The van der Waals surface area contributed by atoms with Crippen molar-refractivity contribution in [1.29, 1.82) is 0 Å². The second-order valence-electron chi connectivity index (χ2n) is 4.43. The van der Waals surface area contributed by atoms with Gasteiger partial charge in [-0.05, 0) is 30.3 Å². The highest BCUT2D eigenvalue weighted by Gasteiger charge is 2.29. The highest BCUT2D eigenvalue weighted by Crippen LogP contribution is 2.31. The lowest BCUT2D eigenvalue weighted by Crippen LogP contribution is -2.13.